The van der Waals surface area contributed by atoms with Crippen molar-refractivity contribution in [1.82, 2.24) is 4.57 Å². The molecule has 0 aliphatic heterocycles. The second kappa shape index (κ2) is 16.7. The predicted octanol–water partition coefficient (Wildman–Crippen LogP) is 17.2. The van der Waals surface area contributed by atoms with E-state index in [9.17, 15) is 0 Å². The number of nitrogens with zero attached hydrogens (tertiary/aromatic N) is 3. The van der Waals surface area contributed by atoms with Crippen molar-refractivity contribution < 1.29 is 0 Å². The van der Waals surface area contributed by atoms with Crippen molar-refractivity contribution in [3.63, 3.8) is 0 Å². The molecule has 9 aromatic carbocycles. The highest BCUT2D eigenvalue weighted by Gasteiger charge is 2.19. The number of rotatable bonds is 8. The van der Waals surface area contributed by atoms with Crippen molar-refractivity contribution in [2.75, 3.05) is 9.80 Å². The topological polar surface area (TPSA) is 11.4 Å². The molecule has 0 saturated heterocycles. The molecule has 0 saturated carbocycles. The Morgan fingerprint density at radius 2 is 0.836 bits per heavy atom. The van der Waals surface area contributed by atoms with Crippen molar-refractivity contribution >= 4 is 87.4 Å². The lowest BCUT2D eigenvalue weighted by molar-refractivity contribution is 1.09. The van der Waals surface area contributed by atoms with Gasteiger partial charge in [0.15, 0.2) is 0 Å². The zero-order chi connectivity index (χ0) is 41.1. The van der Waals surface area contributed by atoms with Crippen molar-refractivity contribution in [2.24, 2.45) is 0 Å². The van der Waals surface area contributed by atoms with Crippen LogP contribution in [-0.4, -0.2) is 4.57 Å². The molecule has 11 rings (SSSR count). The van der Waals surface area contributed by atoms with Gasteiger partial charge in [0.2, 0.25) is 0 Å². The van der Waals surface area contributed by atoms with Gasteiger partial charge in [-0.05, 0) is 114 Å². The standard InChI is InChI=1S/C54H37N3S.C3H8/c1-4-15-39(16-5-1)55(40-17-6-2-7-18-40)43-31-33-44(34-32-43)56(42-29-27-38(28-30-42)46-23-14-24-49-48-22-11-13-26-53(48)58-54(46)49)45-35-36-52-50(37-45)47-21-10-12-25-51(47)57(52)41-19-8-3-9-20-41;1-3-2/h1-37H;3H2,1-2H3. The molecule has 61 heavy (non-hydrogen) atoms. The summed E-state index contributed by atoms with van der Waals surface area (Å²) < 4.78 is 5.02. The quantitative estimate of drug-likeness (QED) is 0.152. The molecule has 0 fully saturated rings. The highest BCUT2D eigenvalue weighted by Crippen LogP contribution is 2.44. The molecule has 0 unspecified atom stereocenters. The molecule has 0 N–H and O–H groups in total. The van der Waals surface area contributed by atoms with Crippen LogP contribution in [0.1, 0.15) is 20.3 Å². The summed E-state index contributed by atoms with van der Waals surface area (Å²) in [6, 6.07) is 80.9. The molecule has 3 nitrogen and oxygen atoms in total. The van der Waals surface area contributed by atoms with Gasteiger partial charge >= 0.3 is 0 Å². The SMILES string of the molecule is CCC.c1ccc(N(c2ccccc2)c2ccc(N(c3ccc(-c4cccc5c4sc4ccccc45)cc3)c3ccc4c(c3)c3ccccc3n4-c3ccccc3)cc2)cc1. The first-order valence-corrected chi connectivity index (χ1v) is 21.9. The fourth-order valence-corrected chi connectivity index (χ4v) is 9.76. The third-order valence-electron chi connectivity index (χ3n) is 11.2. The van der Waals surface area contributed by atoms with Gasteiger partial charge in [0.1, 0.15) is 0 Å². The summed E-state index contributed by atoms with van der Waals surface area (Å²) >= 11 is 1.87. The summed E-state index contributed by atoms with van der Waals surface area (Å²) in [6.45, 7) is 4.25. The maximum atomic E-state index is 2.39. The highest BCUT2D eigenvalue weighted by molar-refractivity contribution is 7.26. The summed E-state index contributed by atoms with van der Waals surface area (Å²) in [5.41, 5.74) is 12.6. The third-order valence-corrected chi connectivity index (χ3v) is 12.4. The number of para-hydroxylation sites is 4. The van der Waals surface area contributed by atoms with E-state index in [0.717, 1.165) is 39.8 Å². The van der Waals surface area contributed by atoms with Gasteiger partial charge in [0.25, 0.3) is 0 Å². The molecule has 0 spiro atoms. The second-order valence-electron chi connectivity index (χ2n) is 15.3. The molecule has 0 radical (unpaired) electrons. The second-order valence-corrected chi connectivity index (χ2v) is 16.3. The Hall–Kier alpha value is -7.40. The van der Waals surface area contributed by atoms with Gasteiger partial charge in [-0.2, -0.15) is 0 Å². The van der Waals surface area contributed by atoms with Crippen LogP contribution in [0.15, 0.2) is 224 Å². The molecule has 0 aliphatic rings. The van der Waals surface area contributed by atoms with E-state index in [1.807, 2.05) is 11.3 Å². The average Bonchev–Trinajstić information content (AvgIpc) is 3.87. The van der Waals surface area contributed by atoms with Gasteiger partial charge < -0.3 is 14.4 Å². The fourth-order valence-electron chi connectivity index (χ4n) is 8.52. The van der Waals surface area contributed by atoms with Gasteiger partial charge in [-0.25, -0.2) is 0 Å². The van der Waals surface area contributed by atoms with Gasteiger partial charge in [-0.3, -0.25) is 0 Å². The number of thiophene rings is 1. The van der Waals surface area contributed by atoms with Crippen LogP contribution in [0.2, 0.25) is 0 Å². The Morgan fingerprint density at radius 1 is 0.377 bits per heavy atom. The summed E-state index contributed by atoms with van der Waals surface area (Å²) in [5.74, 6) is 0. The van der Waals surface area contributed by atoms with Crippen LogP contribution in [0.5, 0.6) is 0 Å². The molecule has 0 atom stereocenters. The molecule has 11 aromatic rings. The van der Waals surface area contributed by atoms with Gasteiger partial charge in [-0.1, -0.05) is 142 Å². The third kappa shape index (κ3) is 7.11. The first-order chi connectivity index (χ1) is 30.2. The summed E-state index contributed by atoms with van der Waals surface area (Å²) in [7, 11) is 0. The Kier molecular flexibility index (Phi) is 10.4. The van der Waals surface area contributed by atoms with Crippen LogP contribution >= 0.6 is 11.3 Å². The van der Waals surface area contributed by atoms with Gasteiger partial charge in [-0.15, -0.1) is 11.3 Å². The Morgan fingerprint density at radius 3 is 1.48 bits per heavy atom. The minimum atomic E-state index is 1.08. The van der Waals surface area contributed by atoms with E-state index in [1.165, 1.54) is 59.5 Å². The minimum absolute atomic E-state index is 1.08. The summed E-state index contributed by atoms with van der Waals surface area (Å²) in [6.07, 6.45) is 1.25. The summed E-state index contributed by atoms with van der Waals surface area (Å²) in [4.78, 5) is 4.69. The van der Waals surface area contributed by atoms with Crippen LogP contribution in [0.3, 0.4) is 0 Å². The molecule has 2 heterocycles. The summed E-state index contributed by atoms with van der Waals surface area (Å²) in [5, 5.41) is 5.07. The van der Waals surface area contributed by atoms with Crippen LogP contribution in [0.25, 0.3) is 58.8 Å². The van der Waals surface area contributed by atoms with E-state index in [2.05, 4.69) is 253 Å². The lowest BCUT2D eigenvalue weighted by Gasteiger charge is -2.28. The van der Waals surface area contributed by atoms with Gasteiger partial charge in [0.05, 0.1) is 11.0 Å². The van der Waals surface area contributed by atoms with E-state index in [0.29, 0.717) is 0 Å². The lowest BCUT2D eigenvalue weighted by atomic mass is 10.0. The largest absolute Gasteiger partial charge is 0.311 e. The van der Waals surface area contributed by atoms with Crippen LogP contribution in [0, 0.1) is 0 Å². The lowest BCUT2D eigenvalue weighted by Crippen LogP contribution is -2.12. The highest BCUT2D eigenvalue weighted by atomic mass is 32.1. The molecule has 0 amide bonds. The molecule has 0 aliphatic carbocycles. The molecule has 4 heteroatoms. The fraction of sp³-hybridized carbons (Fsp3) is 0.0526. The van der Waals surface area contributed by atoms with Gasteiger partial charge in [0, 0.05) is 70.8 Å². The van der Waals surface area contributed by atoms with E-state index >= 15 is 0 Å². The Balaban J connectivity index is 0.00000144. The van der Waals surface area contributed by atoms with Crippen LogP contribution in [-0.2, 0) is 0 Å². The number of benzene rings is 9. The van der Waals surface area contributed by atoms with Crippen molar-refractivity contribution in [3.05, 3.63) is 224 Å². The van der Waals surface area contributed by atoms with Crippen molar-refractivity contribution in [3.8, 4) is 16.8 Å². The first-order valence-electron chi connectivity index (χ1n) is 21.1. The smallest absolute Gasteiger partial charge is 0.0542 e. The zero-order valence-electron chi connectivity index (χ0n) is 34.3. The Labute approximate surface area is 361 Å². The van der Waals surface area contributed by atoms with E-state index in [-0.39, 0.29) is 0 Å². The van der Waals surface area contributed by atoms with Crippen LogP contribution < -0.4 is 9.80 Å². The number of anilines is 6. The first kappa shape index (κ1) is 37.8. The Bertz CT molecular complexity index is 3180. The number of hydrogen-bond acceptors (Lipinski definition) is 3. The molecule has 0 bridgehead atoms. The molecule has 2 aromatic heterocycles. The molecular weight excluding hydrogens is 759 g/mol. The normalized spacial score (nSPS) is 11.2. The number of fused-ring (bicyclic) bond motifs is 6. The van der Waals surface area contributed by atoms with Crippen molar-refractivity contribution in [2.45, 2.75) is 20.3 Å². The maximum Gasteiger partial charge on any atom is 0.0542 e. The molecular formula is C57H45N3S. The average molecular weight is 804 g/mol. The number of hydrogen-bond donors (Lipinski definition) is 0. The van der Waals surface area contributed by atoms with Crippen molar-refractivity contribution in [1.29, 1.82) is 0 Å². The minimum Gasteiger partial charge on any atom is -0.311 e. The van der Waals surface area contributed by atoms with E-state index in [1.54, 1.807) is 0 Å². The van der Waals surface area contributed by atoms with E-state index < -0.39 is 0 Å². The molecule has 294 valence electrons. The van der Waals surface area contributed by atoms with E-state index in [4.69, 9.17) is 0 Å². The monoisotopic (exact) mass is 803 g/mol. The number of aromatic nitrogens is 1. The predicted molar refractivity (Wildman–Crippen MR) is 264 cm³/mol. The maximum absolute atomic E-state index is 2.39. The zero-order valence-corrected chi connectivity index (χ0v) is 35.1. The van der Waals surface area contributed by atoms with Crippen LogP contribution in [0.4, 0.5) is 34.1 Å².